The lowest BCUT2D eigenvalue weighted by Gasteiger charge is -2.18. The highest BCUT2D eigenvalue weighted by Gasteiger charge is 2.36. The number of alkyl halides is 6. The molecule has 1 aromatic heterocycles. The van der Waals surface area contributed by atoms with Crippen LogP contribution in [-0.2, 0) is 15.9 Å². The number of nitrogens with one attached hydrogen (secondary N) is 2. The second kappa shape index (κ2) is 10.6. The summed E-state index contributed by atoms with van der Waals surface area (Å²) in [6.45, 7) is 0. The predicted molar refractivity (Wildman–Crippen MR) is 123 cm³/mol. The molecule has 0 radical (unpaired) electrons. The third kappa shape index (κ3) is 7.19. The van der Waals surface area contributed by atoms with Gasteiger partial charge in [-0.3, -0.25) is 4.79 Å². The fourth-order valence-electron chi connectivity index (χ4n) is 2.90. The molecule has 0 saturated carbocycles. The molecule has 3 rings (SSSR count). The zero-order valence-corrected chi connectivity index (χ0v) is 20.2. The third-order valence-corrected chi connectivity index (χ3v) is 5.82. The van der Waals surface area contributed by atoms with E-state index in [9.17, 15) is 35.3 Å². The number of ether oxygens (including phenoxy) is 3. The van der Waals surface area contributed by atoms with Crippen LogP contribution in [0.2, 0.25) is 5.02 Å². The Labute approximate surface area is 220 Å². The van der Waals surface area contributed by atoms with Crippen LogP contribution in [0.15, 0.2) is 53.7 Å². The van der Waals surface area contributed by atoms with Crippen molar-refractivity contribution in [2.45, 2.75) is 17.6 Å². The van der Waals surface area contributed by atoms with Crippen LogP contribution in [0, 0.1) is 4.78 Å². The Kier molecular flexibility index (Phi) is 6.84. The number of carbonyl (C=O) groups is 1. The summed E-state index contributed by atoms with van der Waals surface area (Å²) in [6, 6.07) is 5.07. The Hall–Kier alpha value is -3.72. The lowest BCUT2D eigenvalue weighted by atomic mass is 10.1. The number of anilines is 1. The van der Waals surface area contributed by atoms with Gasteiger partial charge in [0.05, 0.1) is 37.0 Å². The monoisotopic (exact) mass is 586 g/mol. The van der Waals surface area contributed by atoms with Crippen LogP contribution >= 0.6 is 11.6 Å². The first kappa shape index (κ1) is 24.6. The summed E-state index contributed by atoms with van der Waals surface area (Å²) in [5.74, 6) is -4.52. The number of hydrogen-bond donors (Lipinski definition) is 2. The van der Waals surface area contributed by atoms with Crippen molar-refractivity contribution in [1.82, 2.24) is 4.98 Å². The van der Waals surface area contributed by atoms with E-state index in [4.69, 9.17) is 25.2 Å². The number of halogens is 7. The number of methoxy groups -OCH3 is 1. The standard InChI is InChI=1S/C22H16ClF6N3O5S/c1-35-18-8-12(37-22(27,28)29)3-4-16(18)36-17-10-14(21(24,25)26)15(23)9-13(17)20(33)32-11-5-6-31-19(7-11)38(2,30)34/h3-10,30H,1-2H3,(H,31,32,33)/i1D3. The van der Waals surface area contributed by atoms with E-state index in [0.29, 0.717) is 30.3 Å². The number of nitrogens with zero attached hydrogens (tertiary/aromatic N) is 1. The Morgan fingerprint density at radius 1 is 1.08 bits per heavy atom. The Bertz CT molecular complexity index is 1580. The van der Waals surface area contributed by atoms with Crippen molar-refractivity contribution < 1.29 is 53.7 Å². The molecular weight excluding hydrogens is 568 g/mol. The van der Waals surface area contributed by atoms with Crippen molar-refractivity contribution in [2.24, 2.45) is 0 Å². The number of rotatable bonds is 7. The molecular formula is C22H16ClF6N3O5S. The van der Waals surface area contributed by atoms with Crippen LogP contribution in [0.25, 0.3) is 0 Å². The maximum absolute atomic E-state index is 13.6. The average molecular weight is 587 g/mol. The van der Waals surface area contributed by atoms with Gasteiger partial charge in [0.15, 0.2) is 11.5 Å². The van der Waals surface area contributed by atoms with Gasteiger partial charge in [-0.05, 0) is 36.4 Å². The van der Waals surface area contributed by atoms with Gasteiger partial charge >= 0.3 is 12.5 Å². The number of carbonyl (C=O) groups excluding carboxylic acids is 1. The molecule has 1 atom stereocenters. The zero-order chi connectivity index (χ0) is 31.0. The molecule has 8 nitrogen and oxygen atoms in total. The van der Waals surface area contributed by atoms with Gasteiger partial charge in [0, 0.05) is 24.2 Å². The Morgan fingerprint density at radius 2 is 1.79 bits per heavy atom. The molecule has 204 valence electrons. The summed E-state index contributed by atoms with van der Waals surface area (Å²) < 4.78 is 134. The number of amides is 1. The lowest BCUT2D eigenvalue weighted by Crippen LogP contribution is -2.17. The minimum absolute atomic E-state index is 0.0659. The molecule has 0 aliphatic rings. The Balaban J connectivity index is 2.12. The minimum atomic E-state index is -5.18. The van der Waals surface area contributed by atoms with E-state index < -0.39 is 74.4 Å². The van der Waals surface area contributed by atoms with Crippen LogP contribution in [0.1, 0.15) is 20.0 Å². The minimum Gasteiger partial charge on any atom is -0.493 e. The largest absolute Gasteiger partial charge is 0.573 e. The van der Waals surface area contributed by atoms with Crippen LogP contribution < -0.4 is 19.5 Å². The predicted octanol–water partition coefficient (Wildman–Crippen LogP) is 6.74. The topological polar surface area (TPSA) is 111 Å². The summed E-state index contributed by atoms with van der Waals surface area (Å²) in [5.41, 5.74) is -2.17. The van der Waals surface area contributed by atoms with Crippen LogP contribution in [0.3, 0.4) is 0 Å². The van der Waals surface area contributed by atoms with Gasteiger partial charge in [0.25, 0.3) is 5.91 Å². The molecule has 3 aromatic rings. The lowest BCUT2D eigenvalue weighted by molar-refractivity contribution is -0.274. The summed E-state index contributed by atoms with van der Waals surface area (Å²) in [4.78, 5) is 16.8. The first-order chi connectivity index (χ1) is 18.6. The van der Waals surface area contributed by atoms with Crippen molar-refractivity contribution >= 4 is 32.9 Å². The van der Waals surface area contributed by atoms with Crippen molar-refractivity contribution in [1.29, 1.82) is 4.78 Å². The molecule has 0 fully saturated rings. The van der Waals surface area contributed by atoms with E-state index in [1.165, 1.54) is 6.07 Å². The summed E-state index contributed by atoms with van der Waals surface area (Å²) >= 11 is 5.77. The Morgan fingerprint density at radius 3 is 2.39 bits per heavy atom. The van der Waals surface area contributed by atoms with Gasteiger partial charge in [-0.1, -0.05) is 11.6 Å². The smallest absolute Gasteiger partial charge is 0.493 e. The fraction of sp³-hybridized carbons (Fsp3) is 0.182. The van der Waals surface area contributed by atoms with Gasteiger partial charge in [-0.15, -0.1) is 13.2 Å². The van der Waals surface area contributed by atoms with Gasteiger partial charge in [0.1, 0.15) is 16.5 Å². The third-order valence-electron chi connectivity index (χ3n) is 4.49. The van der Waals surface area contributed by atoms with Crippen LogP contribution in [0.5, 0.6) is 23.0 Å². The van der Waals surface area contributed by atoms with E-state index in [0.717, 1.165) is 18.5 Å². The van der Waals surface area contributed by atoms with E-state index in [1.54, 1.807) is 0 Å². The number of aromatic nitrogens is 1. The first-order valence-electron chi connectivity index (χ1n) is 11.3. The first-order valence-corrected chi connectivity index (χ1v) is 12.2. The molecule has 0 spiro atoms. The highest BCUT2D eigenvalue weighted by molar-refractivity contribution is 7.91. The molecule has 0 saturated heterocycles. The average Bonchev–Trinajstić information content (AvgIpc) is 2.78. The second-order valence-corrected chi connectivity index (χ2v) is 9.88. The van der Waals surface area contributed by atoms with E-state index in [2.05, 4.69) is 19.8 Å². The van der Waals surface area contributed by atoms with Gasteiger partial charge < -0.3 is 19.5 Å². The number of benzene rings is 2. The SMILES string of the molecule is [2H]C([2H])([2H])Oc1cc(OC(F)(F)F)ccc1Oc1cc(C(F)(F)F)c(Cl)cc1C(=O)Nc1ccnc(S(C)(=N)=O)c1. The molecule has 0 aliphatic carbocycles. The van der Waals surface area contributed by atoms with Crippen LogP contribution in [0.4, 0.5) is 32.0 Å². The van der Waals surface area contributed by atoms with Crippen molar-refractivity contribution in [2.75, 3.05) is 18.6 Å². The number of hydrogen-bond acceptors (Lipinski definition) is 7. The molecule has 2 aromatic carbocycles. The summed E-state index contributed by atoms with van der Waals surface area (Å²) in [5, 5.41) is 1.15. The van der Waals surface area contributed by atoms with Crippen molar-refractivity contribution in [3.8, 4) is 23.0 Å². The van der Waals surface area contributed by atoms with Crippen LogP contribution in [-0.4, -0.2) is 34.8 Å². The van der Waals surface area contributed by atoms with Gasteiger partial charge in [0.2, 0.25) is 0 Å². The van der Waals surface area contributed by atoms with Gasteiger partial charge in [-0.2, -0.15) is 13.2 Å². The zero-order valence-electron chi connectivity index (χ0n) is 21.7. The highest BCUT2D eigenvalue weighted by Crippen LogP contribution is 2.42. The fourth-order valence-corrected chi connectivity index (χ4v) is 3.78. The quantitative estimate of drug-likeness (QED) is 0.297. The summed E-state index contributed by atoms with van der Waals surface area (Å²) in [6.07, 6.45) is -8.06. The molecule has 16 heteroatoms. The molecule has 1 heterocycles. The van der Waals surface area contributed by atoms with E-state index in [-0.39, 0.29) is 10.7 Å². The number of pyridine rings is 1. The maximum Gasteiger partial charge on any atom is 0.573 e. The van der Waals surface area contributed by atoms with Crippen molar-refractivity contribution in [3.05, 3.63) is 64.8 Å². The molecule has 0 bridgehead atoms. The second-order valence-electron chi connectivity index (χ2n) is 7.37. The van der Waals surface area contributed by atoms with Gasteiger partial charge in [-0.25, -0.2) is 14.0 Å². The van der Waals surface area contributed by atoms with E-state index >= 15 is 0 Å². The van der Waals surface area contributed by atoms with Crippen molar-refractivity contribution in [3.63, 3.8) is 0 Å². The maximum atomic E-state index is 13.6. The molecule has 38 heavy (non-hydrogen) atoms. The summed E-state index contributed by atoms with van der Waals surface area (Å²) in [7, 11) is -6.56. The normalized spacial score (nSPS) is 14.9. The molecule has 1 unspecified atom stereocenters. The molecule has 1 amide bonds. The molecule has 0 aliphatic heterocycles. The molecule has 2 N–H and O–H groups in total. The highest BCUT2D eigenvalue weighted by atomic mass is 35.5. The van der Waals surface area contributed by atoms with E-state index in [1.807, 2.05) is 0 Å².